The van der Waals surface area contributed by atoms with Crippen LogP contribution < -0.4 is 5.32 Å². The Hall–Kier alpha value is -0.340. The molecule has 0 aliphatic carbocycles. The molecule has 0 aliphatic rings. The molecule has 1 aromatic heterocycles. The van der Waals surface area contributed by atoms with Gasteiger partial charge in [0.05, 0.1) is 0 Å². The SMILES string of the molecule is CCNCc1csc(CC)c1. The molecule has 0 amide bonds. The Bertz CT molecular complexity index is 205. The highest BCUT2D eigenvalue weighted by atomic mass is 32.1. The average Bonchev–Trinajstić information content (AvgIpc) is 2.48. The van der Waals surface area contributed by atoms with E-state index < -0.39 is 0 Å². The zero-order valence-corrected chi connectivity index (χ0v) is 8.00. The summed E-state index contributed by atoms with van der Waals surface area (Å²) >= 11 is 1.86. The number of hydrogen-bond donors (Lipinski definition) is 1. The fourth-order valence-electron chi connectivity index (χ4n) is 0.974. The van der Waals surface area contributed by atoms with Gasteiger partial charge in [-0.2, -0.15) is 0 Å². The topological polar surface area (TPSA) is 12.0 Å². The fraction of sp³-hybridized carbons (Fsp3) is 0.556. The summed E-state index contributed by atoms with van der Waals surface area (Å²) in [6.45, 7) is 6.40. The predicted molar refractivity (Wildman–Crippen MR) is 51.1 cm³/mol. The van der Waals surface area contributed by atoms with Gasteiger partial charge in [-0.3, -0.25) is 0 Å². The molecule has 11 heavy (non-hydrogen) atoms. The van der Waals surface area contributed by atoms with Crippen LogP contribution in [-0.4, -0.2) is 6.54 Å². The number of hydrogen-bond acceptors (Lipinski definition) is 2. The molecule has 2 heteroatoms. The minimum absolute atomic E-state index is 1.02. The van der Waals surface area contributed by atoms with Gasteiger partial charge in [0.15, 0.2) is 0 Å². The minimum atomic E-state index is 1.02. The molecule has 1 nitrogen and oxygen atoms in total. The molecular weight excluding hydrogens is 154 g/mol. The second-order valence-electron chi connectivity index (χ2n) is 2.56. The first kappa shape index (κ1) is 8.75. The van der Waals surface area contributed by atoms with Crippen molar-refractivity contribution in [3.05, 3.63) is 21.9 Å². The Balaban J connectivity index is 2.44. The number of thiophene rings is 1. The van der Waals surface area contributed by atoms with Gasteiger partial charge in [0.1, 0.15) is 0 Å². The standard InChI is InChI=1S/C9H15NS/c1-3-9-5-8(7-11-9)6-10-4-2/h5,7,10H,3-4,6H2,1-2H3. The minimum Gasteiger partial charge on any atom is -0.313 e. The highest BCUT2D eigenvalue weighted by Crippen LogP contribution is 2.14. The summed E-state index contributed by atoms with van der Waals surface area (Å²) in [5.74, 6) is 0. The van der Waals surface area contributed by atoms with Crippen LogP contribution in [0, 0.1) is 0 Å². The summed E-state index contributed by atoms with van der Waals surface area (Å²) in [5.41, 5.74) is 1.42. The van der Waals surface area contributed by atoms with Crippen LogP contribution in [0.2, 0.25) is 0 Å². The van der Waals surface area contributed by atoms with Gasteiger partial charge in [-0.05, 0) is 30.0 Å². The second kappa shape index (κ2) is 4.52. The molecular formula is C9H15NS. The van der Waals surface area contributed by atoms with Crippen molar-refractivity contribution in [1.29, 1.82) is 0 Å². The molecule has 0 unspecified atom stereocenters. The van der Waals surface area contributed by atoms with Gasteiger partial charge in [0, 0.05) is 11.4 Å². The lowest BCUT2D eigenvalue weighted by atomic mass is 10.3. The smallest absolute Gasteiger partial charge is 0.0213 e. The first-order valence-electron chi connectivity index (χ1n) is 4.13. The molecule has 0 spiro atoms. The lowest BCUT2D eigenvalue weighted by Gasteiger charge is -1.95. The summed E-state index contributed by atoms with van der Waals surface area (Å²) in [7, 11) is 0. The van der Waals surface area contributed by atoms with E-state index >= 15 is 0 Å². The fourth-order valence-corrected chi connectivity index (χ4v) is 1.81. The average molecular weight is 169 g/mol. The zero-order chi connectivity index (χ0) is 8.10. The second-order valence-corrected chi connectivity index (χ2v) is 3.55. The summed E-state index contributed by atoms with van der Waals surface area (Å²) < 4.78 is 0. The van der Waals surface area contributed by atoms with Crippen LogP contribution in [0.4, 0.5) is 0 Å². The molecule has 62 valence electrons. The van der Waals surface area contributed by atoms with Gasteiger partial charge in [-0.25, -0.2) is 0 Å². The monoisotopic (exact) mass is 169 g/mol. The molecule has 0 bridgehead atoms. The molecule has 1 heterocycles. The van der Waals surface area contributed by atoms with Gasteiger partial charge < -0.3 is 5.32 Å². The van der Waals surface area contributed by atoms with Crippen LogP contribution in [0.15, 0.2) is 11.4 Å². The summed E-state index contributed by atoms with van der Waals surface area (Å²) in [5, 5.41) is 5.55. The first-order valence-corrected chi connectivity index (χ1v) is 5.01. The molecule has 0 saturated heterocycles. The van der Waals surface area contributed by atoms with Crippen LogP contribution in [0.5, 0.6) is 0 Å². The third kappa shape index (κ3) is 2.64. The Morgan fingerprint density at radius 1 is 1.45 bits per heavy atom. The van der Waals surface area contributed by atoms with E-state index in [1.54, 1.807) is 0 Å². The molecule has 0 atom stereocenters. The van der Waals surface area contributed by atoms with Crippen molar-refractivity contribution in [3.8, 4) is 0 Å². The molecule has 0 fully saturated rings. The molecule has 1 aromatic rings. The molecule has 0 saturated carbocycles. The van der Waals surface area contributed by atoms with E-state index in [0.29, 0.717) is 0 Å². The van der Waals surface area contributed by atoms with Gasteiger partial charge in [-0.15, -0.1) is 11.3 Å². The van der Waals surface area contributed by atoms with Crippen LogP contribution in [-0.2, 0) is 13.0 Å². The predicted octanol–water partition coefficient (Wildman–Crippen LogP) is 2.42. The lowest BCUT2D eigenvalue weighted by molar-refractivity contribution is 0.728. The number of rotatable bonds is 4. The van der Waals surface area contributed by atoms with Crippen LogP contribution in [0.25, 0.3) is 0 Å². The normalized spacial score (nSPS) is 10.4. The molecule has 0 radical (unpaired) electrons. The van der Waals surface area contributed by atoms with Crippen molar-refractivity contribution in [2.45, 2.75) is 26.8 Å². The summed E-state index contributed by atoms with van der Waals surface area (Å²) in [4.78, 5) is 1.48. The van der Waals surface area contributed by atoms with Crippen LogP contribution in [0.1, 0.15) is 24.3 Å². The first-order chi connectivity index (χ1) is 5.36. The Kier molecular flexibility index (Phi) is 3.60. The maximum absolute atomic E-state index is 3.31. The lowest BCUT2D eigenvalue weighted by Crippen LogP contribution is -2.10. The largest absolute Gasteiger partial charge is 0.313 e. The van der Waals surface area contributed by atoms with Crippen molar-refractivity contribution in [2.75, 3.05) is 6.54 Å². The third-order valence-electron chi connectivity index (χ3n) is 1.64. The van der Waals surface area contributed by atoms with Crippen LogP contribution >= 0.6 is 11.3 Å². The van der Waals surface area contributed by atoms with Crippen molar-refractivity contribution in [3.63, 3.8) is 0 Å². The van der Waals surface area contributed by atoms with Gasteiger partial charge >= 0.3 is 0 Å². The van der Waals surface area contributed by atoms with Crippen LogP contribution in [0.3, 0.4) is 0 Å². The van der Waals surface area contributed by atoms with Gasteiger partial charge in [0.2, 0.25) is 0 Å². The Morgan fingerprint density at radius 2 is 2.27 bits per heavy atom. The molecule has 1 N–H and O–H groups in total. The van der Waals surface area contributed by atoms with E-state index in [2.05, 4.69) is 30.6 Å². The summed E-state index contributed by atoms with van der Waals surface area (Å²) in [6, 6.07) is 2.29. The van der Waals surface area contributed by atoms with Crippen molar-refractivity contribution >= 4 is 11.3 Å². The van der Waals surface area contributed by atoms with Crippen molar-refractivity contribution < 1.29 is 0 Å². The third-order valence-corrected chi connectivity index (χ3v) is 2.77. The van der Waals surface area contributed by atoms with Gasteiger partial charge in [0.25, 0.3) is 0 Å². The Labute approximate surface area is 72.4 Å². The van der Waals surface area contributed by atoms with E-state index in [0.717, 1.165) is 19.5 Å². The van der Waals surface area contributed by atoms with E-state index in [4.69, 9.17) is 0 Å². The van der Waals surface area contributed by atoms with E-state index in [1.807, 2.05) is 11.3 Å². The molecule has 0 aromatic carbocycles. The maximum atomic E-state index is 3.31. The molecule has 0 aliphatic heterocycles. The number of aryl methyl sites for hydroxylation is 1. The molecule has 1 rings (SSSR count). The Morgan fingerprint density at radius 3 is 2.82 bits per heavy atom. The van der Waals surface area contributed by atoms with Crippen molar-refractivity contribution in [2.24, 2.45) is 0 Å². The highest BCUT2D eigenvalue weighted by Gasteiger charge is 1.95. The van der Waals surface area contributed by atoms with E-state index in [9.17, 15) is 0 Å². The van der Waals surface area contributed by atoms with Crippen molar-refractivity contribution in [1.82, 2.24) is 5.32 Å². The number of nitrogens with one attached hydrogen (secondary N) is 1. The van der Waals surface area contributed by atoms with Gasteiger partial charge in [-0.1, -0.05) is 13.8 Å². The summed E-state index contributed by atoms with van der Waals surface area (Å²) in [6.07, 6.45) is 1.16. The quantitative estimate of drug-likeness (QED) is 0.730. The maximum Gasteiger partial charge on any atom is 0.0213 e. The van der Waals surface area contributed by atoms with E-state index in [1.165, 1.54) is 10.4 Å². The van der Waals surface area contributed by atoms with E-state index in [-0.39, 0.29) is 0 Å². The highest BCUT2D eigenvalue weighted by molar-refractivity contribution is 7.10. The zero-order valence-electron chi connectivity index (χ0n) is 7.18.